The van der Waals surface area contributed by atoms with Crippen molar-refractivity contribution in [1.82, 2.24) is 14.1 Å². The van der Waals surface area contributed by atoms with Crippen LogP contribution < -0.4 is 4.72 Å². The minimum absolute atomic E-state index is 0.164. The second-order valence-electron chi connectivity index (χ2n) is 5.12. The first-order chi connectivity index (χ1) is 11.9. The molecule has 0 aliphatic carbocycles. The Morgan fingerprint density at radius 3 is 2.84 bits per heavy atom. The van der Waals surface area contributed by atoms with E-state index < -0.39 is 27.4 Å². The maximum atomic E-state index is 13.9. The van der Waals surface area contributed by atoms with Gasteiger partial charge in [-0.3, -0.25) is 0 Å². The number of rotatable bonds is 5. The summed E-state index contributed by atoms with van der Waals surface area (Å²) in [4.78, 5) is 16.1. The van der Waals surface area contributed by atoms with E-state index in [-0.39, 0.29) is 11.5 Å². The summed E-state index contributed by atoms with van der Waals surface area (Å²) in [6, 6.07) is 8.35. The number of nitrogens with one attached hydrogen (secondary N) is 1. The highest BCUT2D eigenvalue weighted by atomic mass is 32.2. The summed E-state index contributed by atoms with van der Waals surface area (Å²) in [5, 5.41) is 0. The van der Waals surface area contributed by atoms with E-state index in [2.05, 4.69) is 9.71 Å². The molecule has 2 aromatic heterocycles. The smallest absolute Gasteiger partial charge is 0.341 e. The number of halogens is 1. The zero-order valence-corrected chi connectivity index (χ0v) is 14.0. The van der Waals surface area contributed by atoms with Gasteiger partial charge in [0, 0.05) is 12.4 Å². The number of benzene rings is 1. The van der Waals surface area contributed by atoms with Gasteiger partial charge in [-0.2, -0.15) is 0 Å². The predicted molar refractivity (Wildman–Crippen MR) is 87.0 cm³/mol. The number of esters is 1. The Balaban J connectivity index is 1.80. The van der Waals surface area contributed by atoms with Gasteiger partial charge in [0.05, 0.1) is 16.2 Å². The quantitative estimate of drug-likeness (QED) is 0.698. The molecule has 0 saturated carbocycles. The molecule has 7 nitrogen and oxygen atoms in total. The van der Waals surface area contributed by atoms with Crippen molar-refractivity contribution in [2.24, 2.45) is 0 Å². The Hall–Kier alpha value is -2.78. The molecule has 1 aromatic carbocycles. The van der Waals surface area contributed by atoms with Crippen LogP contribution in [0, 0.1) is 5.82 Å². The highest BCUT2D eigenvalue weighted by molar-refractivity contribution is 7.89. The number of nitrogens with zero attached hydrogens (tertiary/aromatic N) is 2. The minimum atomic E-state index is -3.80. The van der Waals surface area contributed by atoms with E-state index in [1.807, 2.05) is 12.1 Å². The van der Waals surface area contributed by atoms with Crippen LogP contribution >= 0.6 is 0 Å². The molecule has 0 atom stereocenters. The number of fused-ring (bicyclic) bond motifs is 1. The number of pyridine rings is 1. The van der Waals surface area contributed by atoms with Crippen LogP contribution in [0.15, 0.2) is 53.7 Å². The average Bonchev–Trinajstić information content (AvgIpc) is 3.02. The number of sulfonamides is 1. The molecule has 3 aromatic rings. The number of carbonyl (C=O) groups is 1. The number of carbonyl (C=O) groups excluding carboxylic acids is 1. The number of hydrogen-bond acceptors (Lipinski definition) is 5. The predicted octanol–water partition coefficient (Wildman–Crippen LogP) is 1.74. The zero-order chi connectivity index (χ0) is 18.0. The van der Waals surface area contributed by atoms with E-state index in [0.29, 0.717) is 11.3 Å². The van der Waals surface area contributed by atoms with Crippen LogP contribution in [0.5, 0.6) is 0 Å². The normalized spacial score (nSPS) is 11.6. The molecule has 3 rings (SSSR count). The molecule has 0 aliphatic heterocycles. The molecule has 130 valence electrons. The van der Waals surface area contributed by atoms with Crippen LogP contribution in [0.3, 0.4) is 0 Å². The summed E-state index contributed by atoms with van der Waals surface area (Å²) in [6.07, 6.45) is 3.47. The van der Waals surface area contributed by atoms with Gasteiger partial charge in [-0.15, -0.1) is 0 Å². The molecule has 1 N–H and O–H groups in total. The molecule has 2 heterocycles. The lowest BCUT2D eigenvalue weighted by Crippen LogP contribution is -2.19. The minimum Gasteiger partial charge on any atom is -0.455 e. The van der Waals surface area contributed by atoms with E-state index in [4.69, 9.17) is 4.74 Å². The molecule has 9 heteroatoms. The second-order valence-corrected chi connectivity index (χ2v) is 7.01. The third kappa shape index (κ3) is 3.52. The molecule has 0 fully saturated rings. The fourth-order valence-electron chi connectivity index (χ4n) is 2.22. The SMILES string of the molecule is CNS(=O)(=O)c1ccc(F)c(C(=O)OCc2cn3ccccc3n2)c1. The Kier molecular flexibility index (Phi) is 4.51. The summed E-state index contributed by atoms with van der Waals surface area (Å²) >= 11 is 0. The Labute approximate surface area is 143 Å². The number of aromatic nitrogens is 2. The third-order valence-electron chi connectivity index (χ3n) is 3.50. The van der Waals surface area contributed by atoms with Gasteiger partial charge in [0.2, 0.25) is 10.0 Å². The summed E-state index contributed by atoms with van der Waals surface area (Å²) in [6.45, 7) is -0.164. The number of hydrogen-bond donors (Lipinski definition) is 1. The molecule has 25 heavy (non-hydrogen) atoms. The summed E-state index contributed by atoms with van der Waals surface area (Å²) < 4.78 is 46.3. The second kappa shape index (κ2) is 6.61. The van der Waals surface area contributed by atoms with Crippen LogP contribution in [0.25, 0.3) is 5.65 Å². The van der Waals surface area contributed by atoms with Gasteiger partial charge in [0.25, 0.3) is 0 Å². The molecule has 0 spiro atoms. The third-order valence-corrected chi connectivity index (χ3v) is 4.91. The standard InChI is InChI=1S/C16H14FN3O4S/c1-18-25(22,23)12-5-6-14(17)13(8-12)16(21)24-10-11-9-20-7-3-2-4-15(20)19-11/h2-9,18H,10H2,1H3. The molecule has 0 saturated heterocycles. The lowest BCUT2D eigenvalue weighted by molar-refractivity contribution is 0.0462. The monoisotopic (exact) mass is 363 g/mol. The van der Waals surface area contributed by atoms with Gasteiger partial charge in [-0.25, -0.2) is 27.3 Å². The lowest BCUT2D eigenvalue weighted by atomic mass is 10.2. The first-order valence-electron chi connectivity index (χ1n) is 7.23. The first-order valence-corrected chi connectivity index (χ1v) is 8.72. The van der Waals surface area contributed by atoms with Gasteiger partial charge in [-0.1, -0.05) is 6.07 Å². The van der Waals surface area contributed by atoms with Gasteiger partial charge in [0.15, 0.2) is 0 Å². The highest BCUT2D eigenvalue weighted by Crippen LogP contribution is 2.17. The maximum Gasteiger partial charge on any atom is 0.341 e. The Morgan fingerprint density at radius 2 is 2.12 bits per heavy atom. The van der Waals surface area contributed by atoms with Crippen molar-refractivity contribution in [3.8, 4) is 0 Å². The Bertz CT molecular complexity index is 1010. The molecular formula is C16H14FN3O4S. The van der Waals surface area contributed by atoms with E-state index in [1.54, 1.807) is 22.9 Å². The van der Waals surface area contributed by atoms with E-state index in [1.165, 1.54) is 7.05 Å². The number of ether oxygens (including phenoxy) is 1. The van der Waals surface area contributed by atoms with Crippen molar-refractivity contribution >= 4 is 21.6 Å². The molecular weight excluding hydrogens is 349 g/mol. The van der Waals surface area contributed by atoms with Crippen LogP contribution in [0.4, 0.5) is 4.39 Å². The summed E-state index contributed by atoms with van der Waals surface area (Å²) in [5.41, 5.74) is 0.709. The van der Waals surface area contributed by atoms with Crippen molar-refractivity contribution in [3.63, 3.8) is 0 Å². The van der Waals surface area contributed by atoms with Gasteiger partial charge < -0.3 is 9.14 Å². The Morgan fingerprint density at radius 1 is 1.32 bits per heavy atom. The van der Waals surface area contributed by atoms with Crippen LogP contribution in [0.2, 0.25) is 0 Å². The van der Waals surface area contributed by atoms with Crippen molar-refractivity contribution < 1.29 is 22.3 Å². The van der Waals surface area contributed by atoms with Gasteiger partial charge in [-0.05, 0) is 37.4 Å². The number of imidazole rings is 1. The molecule has 0 bridgehead atoms. The van der Waals surface area contributed by atoms with Crippen molar-refractivity contribution in [2.75, 3.05) is 7.05 Å². The largest absolute Gasteiger partial charge is 0.455 e. The average molecular weight is 363 g/mol. The van der Waals surface area contributed by atoms with Gasteiger partial charge >= 0.3 is 5.97 Å². The summed E-state index contributed by atoms with van der Waals surface area (Å²) in [5.74, 6) is -1.84. The fraction of sp³-hybridized carbons (Fsp3) is 0.125. The van der Waals surface area contributed by atoms with E-state index >= 15 is 0 Å². The van der Waals surface area contributed by atoms with E-state index in [0.717, 1.165) is 18.2 Å². The highest BCUT2D eigenvalue weighted by Gasteiger charge is 2.19. The fourth-order valence-corrected chi connectivity index (χ4v) is 2.98. The summed E-state index contributed by atoms with van der Waals surface area (Å²) in [7, 11) is -2.57. The topological polar surface area (TPSA) is 89.8 Å². The molecule has 0 radical (unpaired) electrons. The van der Waals surface area contributed by atoms with Crippen LogP contribution in [0.1, 0.15) is 16.1 Å². The van der Waals surface area contributed by atoms with Crippen molar-refractivity contribution in [1.29, 1.82) is 0 Å². The van der Waals surface area contributed by atoms with Crippen LogP contribution in [-0.4, -0.2) is 30.8 Å². The van der Waals surface area contributed by atoms with Crippen molar-refractivity contribution in [2.45, 2.75) is 11.5 Å². The molecule has 0 aliphatic rings. The van der Waals surface area contributed by atoms with Crippen LogP contribution in [-0.2, 0) is 21.4 Å². The zero-order valence-electron chi connectivity index (χ0n) is 13.1. The maximum absolute atomic E-state index is 13.9. The van der Waals surface area contributed by atoms with Crippen molar-refractivity contribution in [3.05, 3.63) is 65.9 Å². The van der Waals surface area contributed by atoms with Gasteiger partial charge in [0.1, 0.15) is 18.1 Å². The van der Waals surface area contributed by atoms with E-state index in [9.17, 15) is 17.6 Å². The first kappa shape index (κ1) is 17.1. The lowest BCUT2D eigenvalue weighted by Gasteiger charge is -2.07. The molecule has 0 amide bonds. The molecule has 0 unspecified atom stereocenters.